The van der Waals surface area contributed by atoms with E-state index in [9.17, 15) is 4.79 Å². The molecule has 2 aliphatic heterocycles. The summed E-state index contributed by atoms with van der Waals surface area (Å²) < 4.78 is 1.90. The Hall–Kier alpha value is -2.34. The highest BCUT2D eigenvalue weighted by atomic mass is 16.2. The number of carbonyl (C=O) groups excluding carboxylic acids is 1. The number of anilines is 1. The highest BCUT2D eigenvalue weighted by molar-refractivity contribution is 5.88. The summed E-state index contributed by atoms with van der Waals surface area (Å²) in [6, 6.07) is 9.88. The third-order valence-corrected chi connectivity index (χ3v) is 5.18. The van der Waals surface area contributed by atoms with Crippen LogP contribution in [0.25, 0.3) is 5.69 Å². The molecule has 4 rings (SSSR count). The summed E-state index contributed by atoms with van der Waals surface area (Å²) in [7, 11) is 0. The lowest BCUT2D eigenvalue weighted by molar-refractivity contribution is 0.217. The summed E-state index contributed by atoms with van der Waals surface area (Å²) >= 11 is 0. The SMILES string of the molecule is O=C(Nc1nccn1-c1ccccc1)N1CCC(CN2CCCC2)C1. The molecule has 3 heterocycles. The number of para-hydroxylation sites is 1. The van der Waals surface area contributed by atoms with E-state index in [1.165, 1.54) is 25.9 Å². The van der Waals surface area contributed by atoms with E-state index in [2.05, 4.69) is 15.2 Å². The first-order valence-corrected chi connectivity index (χ1v) is 9.16. The van der Waals surface area contributed by atoms with E-state index in [0.717, 1.165) is 31.7 Å². The molecule has 6 heteroatoms. The lowest BCUT2D eigenvalue weighted by Crippen LogP contribution is -2.35. The zero-order chi connectivity index (χ0) is 17.1. The number of likely N-dealkylation sites (tertiary alicyclic amines) is 2. The summed E-state index contributed by atoms with van der Waals surface area (Å²) in [5.41, 5.74) is 0.989. The van der Waals surface area contributed by atoms with Crippen molar-refractivity contribution in [3.63, 3.8) is 0 Å². The molecule has 1 N–H and O–H groups in total. The minimum absolute atomic E-state index is 0.0488. The first-order chi connectivity index (χ1) is 12.3. The van der Waals surface area contributed by atoms with Crippen LogP contribution >= 0.6 is 0 Å². The Kier molecular flexibility index (Phi) is 4.70. The van der Waals surface area contributed by atoms with Gasteiger partial charge in [-0.15, -0.1) is 0 Å². The first-order valence-electron chi connectivity index (χ1n) is 9.16. The van der Waals surface area contributed by atoms with Crippen LogP contribution in [0.4, 0.5) is 10.7 Å². The predicted octanol–water partition coefficient (Wildman–Crippen LogP) is 2.82. The summed E-state index contributed by atoms with van der Waals surface area (Å²) in [6.45, 7) is 5.24. The molecule has 25 heavy (non-hydrogen) atoms. The van der Waals surface area contributed by atoms with Crippen LogP contribution in [0.1, 0.15) is 19.3 Å². The molecule has 0 saturated carbocycles. The monoisotopic (exact) mass is 339 g/mol. The van der Waals surface area contributed by atoms with E-state index in [1.54, 1.807) is 6.20 Å². The van der Waals surface area contributed by atoms with Crippen LogP contribution in [-0.2, 0) is 0 Å². The Morgan fingerprint density at radius 1 is 1.16 bits per heavy atom. The van der Waals surface area contributed by atoms with Crippen molar-refractivity contribution in [2.24, 2.45) is 5.92 Å². The second kappa shape index (κ2) is 7.27. The van der Waals surface area contributed by atoms with Crippen LogP contribution < -0.4 is 5.32 Å². The molecule has 6 nitrogen and oxygen atoms in total. The van der Waals surface area contributed by atoms with Crippen molar-refractivity contribution in [1.29, 1.82) is 0 Å². The Morgan fingerprint density at radius 3 is 2.76 bits per heavy atom. The molecule has 0 radical (unpaired) electrons. The van der Waals surface area contributed by atoms with Gasteiger partial charge in [0.05, 0.1) is 0 Å². The Balaban J connectivity index is 1.36. The largest absolute Gasteiger partial charge is 0.324 e. The van der Waals surface area contributed by atoms with Crippen LogP contribution in [0.15, 0.2) is 42.7 Å². The number of hydrogen-bond acceptors (Lipinski definition) is 3. The zero-order valence-electron chi connectivity index (χ0n) is 14.5. The minimum atomic E-state index is -0.0488. The summed E-state index contributed by atoms with van der Waals surface area (Å²) in [5.74, 6) is 1.16. The van der Waals surface area contributed by atoms with Gasteiger partial charge in [-0.25, -0.2) is 9.78 Å². The molecule has 2 aliphatic rings. The Morgan fingerprint density at radius 2 is 1.96 bits per heavy atom. The molecule has 0 aliphatic carbocycles. The molecule has 2 saturated heterocycles. The Bertz CT molecular complexity index is 708. The van der Waals surface area contributed by atoms with E-state index in [-0.39, 0.29) is 6.03 Å². The van der Waals surface area contributed by atoms with Crippen molar-refractivity contribution in [2.45, 2.75) is 19.3 Å². The molecule has 2 aromatic rings. The fourth-order valence-corrected chi connectivity index (χ4v) is 3.86. The van der Waals surface area contributed by atoms with Gasteiger partial charge in [-0.2, -0.15) is 0 Å². The summed E-state index contributed by atoms with van der Waals surface area (Å²) in [6.07, 6.45) is 7.31. The smallest absolute Gasteiger partial charge is 0.324 e. The van der Waals surface area contributed by atoms with Gasteiger partial charge < -0.3 is 9.80 Å². The quantitative estimate of drug-likeness (QED) is 0.932. The normalized spacial score (nSPS) is 21.0. The maximum Gasteiger partial charge on any atom is 0.324 e. The molecule has 1 aromatic carbocycles. The lowest BCUT2D eigenvalue weighted by atomic mass is 10.1. The van der Waals surface area contributed by atoms with E-state index >= 15 is 0 Å². The summed E-state index contributed by atoms with van der Waals surface area (Å²) in [4.78, 5) is 21.4. The van der Waals surface area contributed by atoms with E-state index in [4.69, 9.17) is 0 Å². The third kappa shape index (κ3) is 3.69. The van der Waals surface area contributed by atoms with Crippen LogP contribution in [0.3, 0.4) is 0 Å². The number of amides is 2. The number of rotatable bonds is 4. The van der Waals surface area contributed by atoms with Gasteiger partial charge in [0.2, 0.25) is 5.95 Å². The number of nitrogens with one attached hydrogen (secondary N) is 1. The van der Waals surface area contributed by atoms with Crippen molar-refractivity contribution in [3.05, 3.63) is 42.7 Å². The van der Waals surface area contributed by atoms with Crippen LogP contribution in [0, 0.1) is 5.92 Å². The molecule has 2 fully saturated rings. The van der Waals surface area contributed by atoms with Crippen molar-refractivity contribution in [2.75, 3.05) is 38.0 Å². The second-order valence-corrected chi connectivity index (χ2v) is 6.99. The molecule has 132 valence electrons. The minimum Gasteiger partial charge on any atom is -0.324 e. The van der Waals surface area contributed by atoms with Gasteiger partial charge in [0.15, 0.2) is 0 Å². The number of aromatic nitrogens is 2. The maximum absolute atomic E-state index is 12.6. The topological polar surface area (TPSA) is 53.4 Å². The lowest BCUT2D eigenvalue weighted by Gasteiger charge is -2.21. The molecular weight excluding hydrogens is 314 g/mol. The van der Waals surface area contributed by atoms with Crippen LogP contribution in [0.2, 0.25) is 0 Å². The van der Waals surface area contributed by atoms with Crippen molar-refractivity contribution in [1.82, 2.24) is 19.4 Å². The number of imidazole rings is 1. The van der Waals surface area contributed by atoms with Crippen LogP contribution in [0.5, 0.6) is 0 Å². The van der Waals surface area contributed by atoms with Gasteiger partial charge in [0, 0.05) is 37.7 Å². The molecule has 0 bridgehead atoms. The predicted molar refractivity (Wildman–Crippen MR) is 97.9 cm³/mol. The van der Waals surface area contributed by atoms with Gasteiger partial charge in [-0.1, -0.05) is 18.2 Å². The fourth-order valence-electron chi connectivity index (χ4n) is 3.86. The molecule has 1 unspecified atom stereocenters. The van der Waals surface area contributed by atoms with Crippen molar-refractivity contribution >= 4 is 12.0 Å². The van der Waals surface area contributed by atoms with Gasteiger partial charge >= 0.3 is 6.03 Å². The van der Waals surface area contributed by atoms with Gasteiger partial charge in [-0.05, 0) is 50.4 Å². The van der Waals surface area contributed by atoms with Crippen molar-refractivity contribution in [3.8, 4) is 5.69 Å². The molecular formula is C19H25N5O. The molecule has 1 aromatic heterocycles. The Labute approximate surface area is 148 Å². The zero-order valence-corrected chi connectivity index (χ0v) is 14.5. The number of nitrogens with zero attached hydrogens (tertiary/aromatic N) is 4. The second-order valence-electron chi connectivity index (χ2n) is 6.99. The number of hydrogen-bond donors (Lipinski definition) is 1. The van der Waals surface area contributed by atoms with E-state index in [0.29, 0.717) is 11.9 Å². The average molecular weight is 339 g/mol. The third-order valence-electron chi connectivity index (χ3n) is 5.18. The number of benzene rings is 1. The molecule has 1 atom stereocenters. The fraction of sp³-hybridized carbons (Fsp3) is 0.474. The maximum atomic E-state index is 12.6. The number of carbonyl (C=O) groups is 1. The highest BCUT2D eigenvalue weighted by Crippen LogP contribution is 2.21. The van der Waals surface area contributed by atoms with E-state index in [1.807, 2.05) is 46.0 Å². The average Bonchev–Trinajstić information content (AvgIpc) is 3.38. The molecule has 0 spiro atoms. The first kappa shape index (κ1) is 16.1. The summed E-state index contributed by atoms with van der Waals surface area (Å²) in [5, 5.41) is 2.97. The van der Waals surface area contributed by atoms with Gasteiger partial charge in [0.1, 0.15) is 0 Å². The number of urea groups is 1. The standard InChI is InChI=1S/C19H25N5O/c25-19(23-12-8-16(15-23)14-22-10-4-5-11-22)21-18-20-9-13-24(18)17-6-2-1-3-7-17/h1-3,6-7,9,13,16H,4-5,8,10-12,14-15H2,(H,20,21,25). The molecule has 2 amide bonds. The highest BCUT2D eigenvalue weighted by Gasteiger charge is 2.28. The van der Waals surface area contributed by atoms with E-state index < -0.39 is 0 Å². The van der Waals surface area contributed by atoms with Gasteiger partial charge in [-0.3, -0.25) is 9.88 Å². The van der Waals surface area contributed by atoms with Crippen molar-refractivity contribution < 1.29 is 4.79 Å². The van der Waals surface area contributed by atoms with Crippen LogP contribution in [-0.4, -0.2) is 58.1 Å². The van der Waals surface area contributed by atoms with Gasteiger partial charge in [0.25, 0.3) is 0 Å².